The summed E-state index contributed by atoms with van der Waals surface area (Å²) in [4.78, 5) is 34.4. The van der Waals surface area contributed by atoms with Gasteiger partial charge in [0.2, 0.25) is 5.91 Å². The van der Waals surface area contributed by atoms with Gasteiger partial charge < -0.3 is 20.1 Å². The fourth-order valence-corrected chi connectivity index (χ4v) is 4.03. The number of amides is 1. The summed E-state index contributed by atoms with van der Waals surface area (Å²) >= 11 is 1.23. The van der Waals surface area contributed by atoms with Crippen LogP contribution in [0.15, 0.2) is 35.5 Å². The molecule has 2 unspecified atom stereocenters. The first-order chi connectivity index (χ1) is 12.2. The Hall–Kier alpha value is -2.48. The van der Waals surface area contributed by atoms with Crippen LogP contribution in [0.3, 0.4) is 0 Å². The molecule has 1 heterocycles. The zero-order valence-electron chi connectivity index (χ0n) is 14.8. The zero-order valence-corrected chi connectivity index (χ0v) is 15.6. The average Bonchev–Trinajstić information content (AvgIpc) is 2.88. The van der Waals surface area contributed by atoms with Crippen LogP contribution in [0.5, 0.6) is 0 Å². The number of carbonyl (C=O) groups is 3. The number of nitrogens with zero attached hydrogens (tertiary/aromatic N) is 1. The van der Waals surface area contributed by atoms with Crippen molar-refractivity contribution in [1.82, 2.24) is 9.88 Å². The van der Waals surface area contributed by atoms with E-state index in [0.29, 0.717) is 5.03 Å². The highest BCUT2D eigenvalue weighted by atomic mass is 32.2. The van der Waals surface area contributed by atoms with E-state index in [1.807, 2.05) is 38.1 Å². The number of aromatic nitrogens is 1. The SMILES string of the molecule is CC(=O)NC(CSc1c2ccccc2cn1C(C(=O)O)C(C)C)C(=O)O. The predicted octanol–water partition coefficient (Wildman–Crippen LogP) is 2.60. The van der Waals surface area contributed by atoms with Gasteiger partial charge in [-0.1, -0.05) is 38.1 Å². The number of rotatable bonds is 8. The van der Waals surface area contributed by atoms with Crippen LogP contribution >= 0.6 is 11.8 Å². The third-order valence-corrected chi connectivity index (χ3v) is 5.15. The van der Waals surface area contributed by atoms with E-state index < -0.39 is 29.9 Å². The van der Waals surface area contributed by atoms with E-state index in [0.717, 1.165) is 10.8 Å². The molecular formula is C18H22N2O5S. The molecule has 2 atom stereocenters. The van der Waals surface area contributed by atoms with E-state index in [1.165, 1.54) is 18.7 Å². The minimum Gasteiger partial charge on any atom is -0.480 e. The summed E-state index contributed by atoms with van der Waals surface area (Å²) in [6, 6.07) is 5.66. The summed E-state index contributed by atoms with van der Waals surface area (Å²) in [5.41, 5.74) is 0. The van der Waals surface area contributed by atoms with Crippen molar-refractivity contribution in [2.45, 2.75) is 37.9 Å². The number of hydrogen-bond acceptors (Lipinski definition) is 4. The van der Waals surface area contributed by atoms with Gasteiger partial charge in [0.05, 0.1) is 5.03 Å². The Balaban J connectivity index is 2.44. The standard InChI is InChI=1S/C18H22N2O5S/c1-10(2)15(18(24)25)20-8-12-6-4-5-7-13(12)16(20)26-9-14(17(22)23)19-11(3)21/h4-8,10,14-15H,9H2,1-3H3,(H,19,21)(H,22,23)(H,24,25). The molecule has 140 valence electrons. The van der Waals surface area contributed by atoms with Gasteiger partial charge in [-0.2, -0.15) is 0 Å². The third kappa shape index (κ3) is 4.37. The number of benzene rings is 1. The first-order valence-electron chi connectivity index (χ1n) is 8.17. The normalized spacial score (nSPS) is 13.5. The molecule has 0 radical (unpaired) electrons. The van der Waals surface area contributed by atoms with Gasteiger partial charge in [-0.15, -0.1) is 11.8 Å². The second-order valence-corrected chi connectivity index (χ2v) is 7.37. The van der Waals surface area contributed by atoms with Crippen LogP contribution in [0.2, 0.25) is 0 Å². The number of thioether (sulfide) groups is 1. The minimum absolute atomic E-state index is 0.0906. The second kappa shape index (κ2) is 8.27. The van der Waals surface area contributed by atoms with Crippen LogP contribution in [0.25, 0.3) is 10.8 Å². The van der Waals surface area contributed by atoms with Crippen LogP contribution < -0.4 is 5.32 Å². The lowest BCUT2D eigenvalue weighted by Crippen LogP contribution is -2.41. The van der Waals surface area contributed by atoms with E-state index in [2.05, 4.69) is 5.32 Å². The van der Waals surface area contributed by atoms with Crippen molar-refractivity contribution < 1.29 is 24.6 Å². The van der Waals surface area contributed by atoms with Gasteiger partial charge in [-0.05, 0) is 5.92 Å². The molecule has 0 aliphatic carbocycles. The topological polar surface area (TPSA) is 109 Å². The van der Waals surface area contributed by atoms with Crippen molar-refractivity contribution in [3.8, 4) is 0 Å². The van der Waals surface area contributed by atoms with Gasteiger partial charge in [-0.3, -0.25) is 4.79 Å². The summed E-state index contributed by atoms with van der Waals surface area (Å²) in [5, 5.41) is 23.8. The Morgan fingerprint density at radius 2 is 1.81 bits per heavy atom. The van der Waals surface area contributed by atoms with Gasteiger partial charge in [0.15, 0.2) is 0 Å². The van der Waals surface area contributed by atoms with Crippen molar-refractivity contribution in [3.05, 3.63) is 30.5 Å². The number of nitrogens with one attached hydrogen (secondary N) is 1. The Morgan fingerprint density at radius 3 is 2.35 bits per heavy atom. The Morgan fingerprint density at radius 1 is 1.15 bits per heavy atom. The fourth-order valence-electron chi connectivity index (χ4n) is 2.82. The summed E-state index contributed by atoms with van der Waals surface area (Å²) in [5.74, 6) is -2.57. The minimum atomic E-state index is -1.13. The highest BCUT2D eigenvalue weighted by Crippen LogP contribution is 2.35. The van der Waals surface area contributed by atoms with Crippen molar-refractivity contribution >= 4 is 40.4 Å². The van der Waals surface area contributed by atoms with E-state index in [4.69, 9.17) is 0 Å². The number of carboxylic acid groups (broad SMARTS) is 2. The molecule has 1 amide bonds. The average molecular weight is 378 g/mol. The molecule has 0 saturated carbocycles. The van der Waals surface area contributed by atoms with Crippen LogP contribution in [0, 0.1) is 5.92 Å². The molecule has 8 heteroatoms. The third-order valence-electron chi connectivity index (χ3n) is 3.95. The van der Waals surface area contributed by atoms with E-state index in [-0.39, 0.29) is 11.7 Å². The van der Waals surface area contributed by atoms with E-state index in [1.54, 1.807) is 10.8 Å². The van der Waals surface area contributed by atoms with E-state index in [9.17, 15) is 24.6 Å². The lowest BCUT2D eigenvalue weighted by molar-refractivity contribution is -0.142. The maximum absolute atomic E-state index is 11.8. The molecule has 2 aromatic rings. The molecule has 0 aliphatic rings. The van der Waals surface area contributed by atoms with Gasteiger partial charge in [0.25, 0.3) is 0 Å². The first-order valence-corrected chi connectivity index (χ1v) is 9.16. The monoisotopic (exact) mass is 378 g/mol. The summed E-state index contributed by atoms with van der Waals surface area (Å²) in [7, 11) is 0. The smallest absolute Gasteiger partial charge is 0.327 e. The molecule has 3 N–H and O–H groups in total. The maximum Gasteiger partial charge on any atom is 0.327 e. The summed E-state index contributed by atoms with van der Waals surface area (Å²) in [6.45, 7) is 4.92. The van der Waals surface area contributed by atoms with E-state index >= 15 is 0 Å². The van der Waals surface area contributed by atoms with Gasteiger partial charge >= 0.3 is 11.9 Å². The first kappa shape index (κ1) is 19.8. The number of aliphatic carboxylic acids is 2. The molecule has 0 aliphatic heterocycles. The zero-order chi connectivity index (χ0) is 19.4. The molecule has 7 nitrogen and oxygen atoms in total. The number of carbonyl (C=O) groups excluding carboxylic acids is 1. The van der Waals surface area contributed by atoms with Crippen molar-refractivity contribution in [3.63, 3.8) is 0 Å². The van der Waals surface area contributed by atoms with Crippen molar-refractivity contribution in [2.75, 3.05) is 5.75 Å². The highest BCUT2D eigenvalue weighted by molar-refractivity contribution is 7.99. The van der Waals surface area contributed by atoms with Crippen LogP contribution in [0.4, 0.5) is 0 Å². The number of fused-ring (bicyclic) bond motifs is 1. The Kier molecular flexibility index (Phi) is 6.31. The largest absolute Gasteiger partial charge is 0.480 e. The number of carboxylic acids is 2. The summed E-state index contributed by atoms with van der Waals surface area (Å²) < 4.78 is 1.69. The van der Waals surface area contributed by atoms with Gasteiger partial charge in [-0.25, -0.2) is 9.59 Å². The highest BCUT2D eigenvalue weighted by Gasteiger charge is 2.28. The lowest BCUT2D eigenvalue weighted by Gasteiger charge is -2.21. The molecule has 2 rings (SSSR count). The molecule has 0 saturated heterocycles. The molecule has 0 spiro atoms. The van der Waals surface area contributed by atoms with Gasteiger partial charge in [0, 0.05) is 29.6 Å². The van der Waals surface area contributed by atoms with Crippen LogP contribution in [-0.2, 0) is 14.4 Å². The Labute approximate surface area is 155 Å². The quantitative estimate of drug-likeness (QED) is 0.609. The molecule has 1 aromatic heterocycles. The fraction of sp³-hybridized carbons (Fsp3) is 0.389. The molecule has 0 bridgehead atoms. The predicted molar refractivity (Wildman–Crippen MR) is 99.4 cm³/mol. The molecule has 0 fully saturated rings. The number of hydrogen-bond donors (Lipinski definition) is 3. The lowest BCUT2D eigenvalue weighted by atomic mass is 10.0. The molecule has 26 heavy (non-hydrogen) atoms. The van der Waals surface area contributed by atoms with Crippen molar-refractivity contribution in [1.29, 1.82) is 0 Å². The second-order valence-electron chi connectivity index (χ2n) is 6.36. The summed E-state index contributed by atoms with van der Waals surface area (Å²) in [6.07, 6.45) is 1.78. The molecular weight excluding hydrogens is 356 g/mol. The van der Waals surface area contributed by atoms with Crippen LogP contribution in [-0.4, -0.2) is 44.4 Å². The van der Waals surface area contributed by atoms with Crippen LogP contribution in [0.1, 0.15) is 26.8 Å². The van der Waals surface area contributed by atoms with Crippen molar-refractivity contribution in [2.24, 2.45) is 5.92 Å². The maximum atomic E-state index is 11.8. The van der Waals surface area contributed by atoms with Gasteiger partial charge in [0.1, 0.15) is 12.1 Å². The Bertz CT molecular complexity index is 830. The molecule has 1 aromatic carbocycles.